The number of nitrogens with zero attached hydrogens (tertiary/aromatic N) is 2. The van der Waals surface area contributed by atoms with Gasteiger partial charge in [-0.25, -0.2) is 0 Å². The quantitative estimate of drug-likeness (QED) is 0.800. The number of hydrogen-bond acceptors (Lipinski definition) is 2. The van der Waals surface area contributed by atoms with Gasteiger partial charge in [-0.05, 0) is 43.9 Å². The molecule has 4 heteroatoms. The predicted molar refractivity (Wildman–Crippen MR) is 83.8 cm³/mol. The monoisotopic (exact) mass is 294 g/mol. The van der Waals surface area contributed by atoms with E-state index in [1.54, 1.807) is 0 Å². The minimum Gasteiger partial charge on any atom is -0.343 e. The summed E-state index contributed by atoms with van der Waals surface area (Å²) in [4.78, 5) is 27.4. The van der Waals surface area contributed by atoms with Crippen molar-refractivity contribution in [2.75, 3.05) is 26.2 Å². The van der Waals surface area contributed by atoms with Crippen LogP contribution >= 0.6 is 0 Å². The zero-order valence-electron chi connectivity index (χ0n) is 13.6. The van der Waals surface area contributed by atoms with Gasteiger partial charge in [0, 0.05) is 39.0 Å². The first kappa shape index (κ1) is 16.3. The van der Waals surface area contributed by atoms with Crippen LogP contribution in [0.25, 0.3) is 0 Å². The maximum absolute atomic E-state index is 11.7. The molecule has 0 aliphatic carbocycles. The second-order valence-corrected chi connectivity index (χ2v) is 6.59. The summed E-state index contributed by atoms with van der Waals surface area (Å²) in [5.41, 5.74) is 0. The summed E-state index contributed by atoms with van der Waals surface area (Å²) >= 11 is 0. The van der Waals surface area contributed by atoms with Gasteiger partial charge >= 0.3 is 0 Å². The van der Waals surface area contributed by atoms with Crippen molar-refractivity contribution >= 4 is 11.8 Å². The predicted octanol–water partition coefficient (Wildman–Crippen LogP) is 2.67. The first-order valence-electron chi connectivity index (χ1n) is 8.69. The topological polar surface area (TPSA) is 40.6 Å². The zero-order valence-corrected chi connectivity index (χ0v) is 13.6. The highest BCUT2D eigenvalue weighted by Crippen LogP contribution is 2.30. The Kier molecular flexibility index (Phi) is 6.07. The van der Waals surface area contributed by atoms with Crippen molar-refractivity contribution in [2.24, 2.45) is 11.8 Å². The van der Waals surface area contributed by atoms with Crippen LogP contribution in [0.5, 0.6) is 0 Å². The molecule has 0 spiro atoms. The maximum Gasteiger partial charge on any atom is 0.222 e. The molecule has 0 aromatic carbocycles. The van der Waals surface area contributed by atoms with Crippen molar-refractivity contribution in [3.05, 3.63) is 0 Å². The molecule has 0 N–H and O–H groups in total. The molecule has 0 aromatic heterocycles. The molecule has 2 aliphatic rings. The number of carbonyl (C=O) groups is 2. The van der Waals surface area contributed by atoms with E-state index in [4.69, 9.17) is 0 Å². The normalized spacial score (nSPS) is 21.6. The molecule has 0 bridgehead atoms. The minimum absolute atomic E-state index is 0.305. The first-order chi connectivity index (χ1) is 10.1. The summed E-state index contributed by atoms with van der Waals surface area (Å²) in [6, 6.07) is 0. The molecule has 2 fully saturated rings. The Balaban J connectivity index is 1.68. The lowest BCUT2D eigenvalue weighted by atomic mass is 9.82. The van der Waals surface area contributed by atoms with Crippen LogP contribution < -0.4 is 0 Å². The van der Waals surface area contributed by atoms with Gasteiger partial charge in [0.15, 0.2) is 0 Å². The van der Waals surface area contributed by atoms with Crippen molar-refractivity contribution in [3.63, 3.8) is 0 Å². The van der Waals surface area contributed by atoms with E-state index in [9.17, 15) is 9.59 Å². The van der Waals surface area contributed by atoms with Crippen LogP contribution in [-0.2, 0) is 9.59 Å². The fourth-order valence-electron chi connectivity index (χ4n) is 3.75. The second kappa shape index (κ2) is 7.81. The molecule has 21 heavy (non-hydrogen) atoms. The van der Waals surface area contributed by atoms with Gasteiger partial charge in [-0.3, -0.25) is 9.59 Å². The molecular formula is C17H30N2O2. The standard InChI is InChI=1S/C17H30N2O2/c1-3-16(20)18-9-5-14(6-10-18)13-15-7-11-19(12-8-15)17(21)4-2/h14-15H,3-13H2,1-2H3. The smallest absolute Gasteiger partial charge is 0.222 e. The lowest BCUT2D eigenvalue weighted by Gasteiger charge is -2.36. The Morgan fingerprint density at radius 3 is 1.38 bits per heavy atom. The van der Waals surface area contributed by atoms with E-state index in [1.165, 1.54) is 32.1 Å². The van der Waals surface area contributed by atoms with E-state index < -0.39 is 0 Å². The number of piperidine rings is 2. The average Bonchev–Trinajstić information content (AvgIpc) is 2.55. The summed E-state index contributed by atoms with van der Waals surface area (Å²) in [6.07, 6.45) is 7.23. The summed E-state index contributed by atoms with van der Waals surface area (Å²) in [5.74, 6) is 2.17. The third-order valence-electron chi connectivity index (χ3n) is 5.21. The molecule has 2 heterocycles. The van der Waals surface area contributed by atoms with Gasteiger partial charge in [-0.1, -0.05) is 13.8 Å². The Labute approximate surface area is 128 Å². The molecule has 4 nitrogen and oxygen atoms in total. The van der Waals surface area contributed by atoms with Gasteiger partial charge in [-0.2, -0.15) is 0 Å². The van der Waals surface area contributed by atoms with Crippen LogP contribution in [-0.4, -0.2) is 47.8 Å². The lowest BCUT2D eigenvalue weighted by Crippen LogP contribution is -2.40. The minimum atomic E-state index is 0.305. The molecule has 120 valence electrons. The van der Waals surface area contributed by atoms with E-state index in [0.29, 0.717) is 24.7 Å². The van der Waals surface area contributed by atoms with Crippen molar-refractivity contribution in [3.8, 4) is 0 Å². The molecule has 0 radical (unpaired) electrons. The van der Waals surface area contributed by atoms with Crippen LogP contribution in [0.1, 0.15) is 58.8 Å². The summed E-state index contributed by atoms with van der Waals surface area (Å²) in [6.45, 7) is 7.68. The molecule has 2 saturated heterocycles. The molecule has 0 atom stereocenters. The van der Waals surface area contributed by atoms with Crippen LogP contribution in [0.4, 0.5) is 0 Å². The Morgan fingerprint density at radius 1 is 0.762 bits per heavy atom. The van der Waals surface area contributed by atoms with Gasteiger partial charge in [0.1, 0.15) is 0 Å². The third kappa shape index (κ3) is 4.45. The summed E-state index contributed by atoms with van der Waals surface area (Å²) < 4.78 is 0. The summed E-state index contributed by atoms with van der Waals surface area (Å²) in [7, 11) is 0. The van der Waals surface area contributed by atoms with Gasteiger partial charge in [0.05, 0.1) is 0 Å². The number of hydrogen-bond donors (Lipinski definition) is 0. The zero-order chi connectivity index (χ0) is 15.2. The molecule has 2 amide bonds. The van der Waals surface area contributed by atoms with E-state index >= 15 is 0 Å². The Hall–Kier alpha value is -1.06. The van der Waals surface area contributed by atoms with Gasteiger partial charge in [0.2, 0.25) is 11.8 Å². The van der Waals surface area contributed by atoms with E-state index in [0.717, 1.165) is 38.0 Å². The van der Waals surface area contributed by atoms with E-state index in [-0.39, 0.29) is 0 Å². The SMILES string of the molecule is CCC(=O)N1CCC(CC2CCN(C(=O)CC)CC2)CC1. The molecule has 2 rings (SSSR count). The Morgan fingerprint density at radius 2 is 1.10 bits per heavy atom. The highest BCUT2D eigenvalue weighted by molar-refractivity contribution is 5.76. The summed E-state index contributed by atoms with van der Waals surface area (Å²) in [5, 5.41) is 0. The van der Waals surface area contributed by atoms with Crippen LogP contribution in [0, 0.1) is 11.8 Å². The maximum atomic E-state index is 11.7. The van der Waals surface area contributed by atoms with Gasteiger partial charge < -0.3 is 9.80 Å². The average molecular weight is 294 g/mol. The fourth-order valence-corrected chi connectivity index (χ4v) is 3.75. The molecular weight excluding hydrogens is 264 g/mol. The number of carbonyl (C=O) groups excluding carboxylic acids is 2. The van der Waals surface area contributed by atoms with Crippen molar-refractivity contribution in [1.82, 2.24) is 9.80 Å². The van der Waals surface area contributed by atoms with E-state index in [1.807, 2.05) is 23.6 Å². The van der Waals surface area contributed by atoms with Crippen molar-refractivity contribution in [2.45, 2.75) is 58.8 Å². The van der Waals surface area contributed by atoms with Crippen LogP contribution in [0.3, 0.4) is 0 Å². The van der Waals surface area contributed by atoms with Crippen LogP contribution in [0.15, 0.2) is 0 Å². The molecule has 2 aliphatic heterocycles. The third-order valence-corrected chi connectivity index (χ3v) is 5.21. The molecule has 0 unspecified atom stereocenters. The van der Waals surface area contributed by atoms with Crippen molar-refractivity contribution in [1.29, 1.82) is 0 Å². The van der Waals surface area contributed by atoms with Gasteiger partial charge in [0.25, 0.3) is 0 Å². The number of likely N-dealkylation sites (tertiary alicyclic amines) is 2. The first-order valence-corrected chi connectivity index (χ1v) is 8.69. The highest BCUT2D eigenvalue weighted by Gasteiger charge is 2.27. The van der Waals surface area contributed by atoms with Gasteiger partial charge in [-0.15, -0.1) is 0 Å². The Bertz CT molecular complexity index is 320. The second-order valence-electron chi connectivity index (χ2n) is 6.59. The lowest BCUT2D eigenvalue weighted by molar-refractivity contribution is -0.132. The largest absolute Gasteiger partial charge is 0.343 e. The molecule has 0 saturated carbocycles. The number of amides is 2. The molecule has 0 aromatic rings. The van der Waals surface area contributed by atoms with Crippen molar-refractivity contribution < 1.29 is 9.59 Å². The fraction of sp³-hybridized carbons (Fsp3) is 0.882. The highest BCUT2D eigenvalue weighted by atomic mass is 16.2. The van der Waals surface area contributed by atoms with Crippen LogP contribution in [0.2, 0.25) is 0 Å². The number of rotatable bonds is 4. The van der Waals surface area contributed by atoms with E-state index in [2.05, 4.69) is 0 Å².